The normalized spacial score (nSPS) is 10.8. The van der Waals surface area contributed by atoms with Gasteiger partial charge in [-0.25, -0.2) is 4.79 Å². The number of rotatable bonds is 3. The summed E-state index contributed by atoms with van der Waals surface area (Å²) >= 11 is 0. The SMILES string of the molecule is CC(C)(C)N(CC(=O)O)C(=O)Nc1ccccc1. The zero-order chi connectivity index (χ0) is 13.8. The standard InChI is InChI=1S/C13H18N2O3/c1-13(2,3)15(9-11(16)17)12(18)14-10-7-5-4-6-8-10/h4-8H,9H2,1-3H3,(H,14,18)(H,16,17). The van der Waals surface area contributed by atoms with Crippen LogP contribution in [0.1, 0.15) is 20.8 Å². The molecule has 0 atom stereocenters. The topological polar surface area (TPSA) is 69.6 Å². The Morgan fingerprint density at radius 3 is 2.22 bits per heavy atom. The summed E-state index contributed by atoms with van der Waals surface area (Å²) in [7, 11) is 0. The molecule has 1 aromatic rings. The molecule has 5 heteroatoms. The Morgan fingerprint density at radius 1 is 1.22 bits per heavy atom. The number of aliphatic carboxylic acids is 1. The van der Waals surface area contributed by atoms with E-state index in [4.69, 9.17) is 5.11 Å². The molecule has 0 heterocycles. The molecule has 0 aromatic heterocycles. The van der Waals surface area contributed by atoms with Crippen molar-refractivity contribution in [3.63, 3.8) is 0 Å². The molecular formula is C13H18N2O3. The predicted octanol–water partition coefficient (Wildman–Crippen LogP) is 2.40. The van der Waals surface area contributed by atoms with Crippen LogP contribution in [-0.2, 0) is 4.79 Å². The Bertz CT molecular complexity index is 424. The van der Waals surface area contributed by atoms with Crippen LogP contribution in [0.4, 0.5) is 10.5 Å². The second kappa shape index (κ2) is 5.53. The molecule has 2 amide bonds. The second-order valence-corrected chi connectivity index (χ2v) is 4.95. The van der Waals surface area contributed by atoms with Crippen molar-refractivity contribution in [3.05, 3.63) is 30.3 Å². The van der Waals surface area contributed by atoms with E-state index in [0.717, 1.165) is 0 Å². The zero-order valence-electron chi connectivity index (χ0n) is 10.8. The van der Waals surface area contributed by atoms with Crippen LogP contribution >= 0.6 is 0 Å². The van der Waals surface area contributed by atoms with Gasteiger partial charge in [-0.3, -0.25) is 4.79 Å². The van der Waals surface area contributed by atoms with Crippen LogP contribution in [0.3, 0.4) is 0 Å². The third-order valence-electron chi connectivity index (χ3n) is 2.37. The summed E-state index contributed by atoms with van der Waals surface area (Å²) in [6.07, 6.45) is 0. The number of carbonyl (C=O) groups is 2. The second-order valence-electron chi connectivity index (χ2n) is 4.95. The van der Waals surface area contributed by atoms with E-state index in [0.29, 0.717) is 5.69 Å². The summed E-state index contributed by atoms with van der Waals surface area (Å²) in [6.45, 7) is 5.05. The van der Waals surface area contributed by atoms with Crippen molar-refractivity contribution in [2.45, 2.75) is 26.3 Å². The number of benzene rings is 1. The third-order valence-corrected chi connectivity index (χ3v) is 2.37. The van der Waals surface area contributed by atoms with Crippen LogP contribution in [0.15, 0.2) is 30.3 Å². The molecule has 0 spiro atoms. The maximum absolute atomic E-state index is 12.0. The lowest BCUT2D eigenvalue weighted by molar-refractivity contribution is -0.138. The predicted molar refractivity (Wildman–Crippen MR) is 69.6 cm³/mol. The first-order chi connectivity index (χ1) is 8.30. The van der Waals surface area contributed by atoms with Crippen LogP contribution in [0.2, 0.25) is 0 Å². The Labute approximate surface area is 106 Å². The minimum atomic E-state index is -1.03. The monoisotopic (exact) mass is 250 g/mol. The molecule has 1 aromatic carbocycles. The molecule has 2 N–H and O–H groups in total. The smallest absolute Gasteiger partial charge is 0.323 e. The first kappa shape index (κ1) is 14.0. The number of carbonyl (C=O) groups excluding carboxylic acids is 1. The lowest BCUT2D eigenvalue weighted by Crippen LogP contribution is -2.50. The van der Waals surface area contributed by atoms with Crippen molar-refractivity contribution in [3.8, 4) is 0 Å². The summed E-state index contributed by atoms with van der Waals surface area (Å²) < 4.78 is 0. The number of hydrogen-bond acceptors (Lipinski definition) is 2. The summed E-state index contributed by atoms with van der Waals surface area (Å²) in [5, 5.41) is 11.5. The molecule has 1 rings (SSSR count). The number of carboxylic acid groups (broad SMARTS) is 1. The lowest BCUT2D eigenvalue weighted by Gasteiger charge is -2.34. The van der Waals surface area contributed by atoms with Gasteiger partial charge >= 0.3 is 12.0 Å². The van der Waals surface area contributed by atoms with Crippen LogP contribution in [0, 0.1) is 0 Å². The van der Waals surface area contributed by atoms with E-state index < -0.39 is 17.5 Å². The fourth-order valence-electron chi connectivity index (χ4n) is 1.46. The van der Waals surface area contributed by atoms with Crippen molar-refractivity contribution in [2.24, 2.45) is 0 Å². The lowest BCUT2D eigenvalue weighted by atomic mass is 10.1. The van der Waals surface area contributed by atoms with Gasteiger partial charge in [0.15, 0.2) is 0 Å². The molecular weight excluding hydrogens is 232 g/mol. The quantitative estimate of drug-likeness (QED) is 0.865. The van der Waals surface area contributed by atoms with Crippen LogP contribution in [0.5, 0.6) is 0 Å². The van der Waals surface area contributed by atoms with Crippen molar-refractivity contribution < 1.29 is 14.7 Å². The summed E-state index contributed by atoms with van der Waals surface area (Å²) in [4.78, 5) is 24.1. The van der Waals surface area contributed by atoms with E-state index in [1.165, 1.54) is 4.90 Å². The molecule has 0 saturated carbocycles. The largest absolute Gasteiger partial charge is 0.480 e. The van der Waals surface area contributed by atoms with E-state index in [1.54, 1.807) is 45.0 Å². The Morgan fingerprint density at radius 2 is 1.78 bits per heavy atom. The van der Waals surface area contributed by atoms with E-state index >= 15 is 0 Å². The van der Waals surface area contributed by atoms with Crippen LogP contribution in [-0.4, -0.2) is 34.1 Å². The number of hydrogen-bond donors (Lipinski definition) is 2. The maximum atomic E-state index is 12.0. The number of urea groups is 1. The van der Waals surface area contributed by atoms with Gasteiger partial charge in [0.2, 0.25) is 0 Å². The van der Waals surface area contributed by atoms with Crippen molar-refractivity contribution in [1.82, 2.24) is 4.90 Å². The fraction of sp³-hybridized carbons (Fsp3) is 0.385. The van der Waals surface area contributed by atoms with Gasteiger partial charge in [0.05, 0.1) is 0 Å². The Hall–Kier alpha value is -2.04. The van der Waals surface area contributed by atoms with E-state index in [9.17, 15) is 9.59 Å². The average molecular weight is 250 g/mol. The van der Waals surface area contributed by atoms with Gasteiger partial charge in [-0.2, -0.15) is 0 Å². The molecule has 0 aliphatic rings. The van der Waals surface area contributed by atoms with E-state index in [2.05, 4.69) is 5.32 Å². The van der Waals surface area contributed by atoms with Gasteiger partial charge in [0.25, 0.3) is 0 Å². The van der Waals surface area contributed by atoms with Crippen molar-refractivity contribution in [1.29, 1.82) is 0 Å². The van der Waals surface area contributed by atoms with Crippen molar-refractivity contribution >= 4 is 17.7 Å². The molecule has 0 bridgehead atoms. The average Bonchev–Trinajstić information content (AvgIpc) is 2.25. The molecule has 0 radical (unpaired) electrons. The first-order valence-electron chi connectivity index (χ1n) is 5.66. The third kappa shape index (κ3) is 4.08. The molecule has 0 unspecified atom stereocenters. The minimum absolute atomic E-state index is 0.331. The van der Waals surface area contributed by atoms with Gasteiger partial charge in [0.1, 0.15) is 6.54 Å². The van der Waals surface area contributed by atoms with E-state index in [1.807, 2.05) is 6.07 Å². The van der Waals surface area contributed by atoms with Gasteiger partial charge < -0.3 is 15.3 Å². The summed E-state index contributed by atoms with van der Waals surface area (Å²) in [5.41, 5.74) is 0.0826. The number of nitrogens with one attached hydrogen (secondary N) is 1. The molecule has 0 aliphatic heterocycles. The van der Waals surface area contributed by atoms with Crippen molar-refractivity contribution in [2.75, 3.05) is 11.9 Å². The molecule has 0 aliphatic carbocycles. The van der Waals surface area contributed by atoms with Crippen LogP contribution in [0.25, 0.3) is 0 Å². The minimum Gasteiger partial charge on any atom is -0.480 e. The highest BCUT2D eigenvalue weighted by Gasteiger charge is 2.28. The zero-order valence-corrected chi connectivity index (χ0v) is 10.8. The van der Waals surface area contributed by atoms with E-state index in [-0.39, 0.29) is 6.54 Å². The highest BCUT2D eigenvalue weighted by Crippen LogP contribution is 2.15. The molecule has 0 fully saturated rings. The Kier molecular flexibility index (Phi) is 4.31. The summed E-state index contributed by atoms with van der Waals surface area (Å²) in [6, 6.07) is 8.52. The maximum Gasteiger partial charge on any atom is 0.323 e. The number of carboxylic acids is 1. The number of para-hydroxylation sites is 1. The van der Waals surface area contributed by atoms with Gasteiger partial charge in [-0.1, -0.05) is 18.2 Å². The highest BCUT2D eigenvalue weighted by molar-refractivity contribution is 5.91. The molecule has 98 valence electrons. The number of nitrogens with zero attached hydrogens (tertiary/aromatic N) is 1. The van der Waals surface area contributed by atoms with Gasteiger partial charge in [0, 0.05) is 11.2 Å². The molecule has 0 saturated heterocycles. The highest BCUT2D eigenvalue weighted by atomic mass is 16.4. The summed E-state index contributed by atoms with van der Waals surface area (Å²) in [5.74, 6) is -1.03. The first-order valence-corrected chi connectivity index (χ1v) is 5.66. The Balaban J connectivity index is 2.80. The number of anilines is 1. The van der Waals surface area contributed by atoms with Gasteiger partial charge in [-0.05, 0) is 32.9 Å². The molecule has 18 heavy (non-hydrogen) atoms. The fourth-order valence-corrected chi connectivity index (χ4v) is 1.46. The van der Waals surface area contributed by atoms with Gasteiger partial charge in [-0.15, -0.1) is 0 Å². The van der Waals surface area contributed by atoms with Crippen LogP contribution < -0.4 is 5.32 Å². The molecule has 5 nitrogen and oxygen atoms in total. The number of amides is 2.